The van der Waals surface area contributed by atoms with Gasteiger partial charge in [-0.05, 0) is 40.4 Å². The zero-order chi connectivity index (χ0) is 12.4. The lowest BCUT2D eigenvalue weighted by Gasteiger charge is -2.08. The molecule has 2 nitrogen and oxygen atoms in total. The molecule has 0 amide bonds. The van der Waals surface area contributed by atoms with Crippen molar-refractivity contribution in [3.63, 3.8) is 0 Å². The summed E-state index contributed by atoms with van der Waals surface area (Å²) in [6.45, 7) is 1.10. The number of halogens is 3. The molecule has 0 bridgehead atoms. The number of rotatable bonds is 3. The Balaban J connectivity index is 2.21. The number of hydrogen-bond acceptors (Lipinski definition) is 2. The summed E-state index contributed by atoms with van der Waals surface area (Å²) in [6.07, 6.45) is 0.896. The molecule has 5 heteroatoms. The smallest absolute Gasteiger partial charge is 0.169 e. The van der Waals surface area contributed by atoms with Crippen LogP contribution in [0.5, 0.6) is 0 Å². The van der Waals surface area contributed by atoms with E-state index in [9.17, 15) is 13.6 Å². The van der Waals surface area contributed by atoms with Gasteiger partial charge in [0.1, 0.15) is 5.82 Å². The Morgan fingerprint density at radius 2 is 2.24 bits per heavy atom. The molecule has 2 rings (SSSR count). The molecule has 1 fully saturated rings. The molecule has 1 atom stereocenters. The van der Waals surface area contributed by atoms with Crippen LogP contribution in [0.4, 0.5) is 8.78 Å². The van der Waals surface area contributed by atoms with Gasteiger partial charge in [0.15, 0.2) is 11.6 Å². The number of benzene rings is 1. The summed E-state index contributed by atoms with van der Waals surface area (Å²) in [7, 11) is 0. The predicted octanol–water partition coefficient (Wildman–Crippen LogP) is 3.34. The maximum atomic E-state index is 13.6. The third-order valence-electron chi connectivity index (χ3n) is 2.82. The van der Waals surface area contributed by atoms with Crippen molar-refractivity contribution in [2.75, 3.05) is 13.2 Å². The summed E-state index contributed by atoms with van der Waals surface area (Å²) in [5.41, 5.74) is -0.453. The number of carbonyl (C=O) groups excluding carboxylic acids is 1. The van der Waals surface area contributed by atoms with Gasteiger partial charge in [-0.25, -0.2) is 8.78 Å². The van der Waals surface area contributed by atoms with E-state index in [0.29, 0.717) is 13.2 Å². The molecule has 0 N–H and O–H groups in total. The van der Waals surface area contributed by atoms with Crippen molar-refractivity contribution in [2.45, 2.75) is 12.8 Å². The maximum Gasteiger partial charge on any atom is 0.169 e. The minimum atomic E-state index is -0.825. The second-order valence-electron chi connectivity index (χ2n) is 4.08. The summed E-state index contributed by atoms with van der Waals surface area (Å²) in [6, 6.07) is 2.34. The highest BCUT2D eigenvalue weighted by Gasteiger charge is 2.24. The van der Waals surface area contributed by atoms with E-state index in [1.165, 1.54) is 6.07 Å². The van der Waals surface area contributed by atoms with Crippen molar-refractivity contribution < 1.29 is 18.3 Å². The van der Waals surface area contributed by atoms with Crippen LogP contribution in [-0.2, 0) is 4.74 Å². The molecule has 1 aromatic rings. The van der Waals surface area contributed by atoms with E-state index >= 15 is 0 Å². The van der Waals surface area contributed by atoms with Gasteiger partial charge < -0.3 is 4.74 Å². The van der Waals surface area contributed by atoms with Gasteiger partial charge in [0.05, 0.1) is 10.0 Å². The van der Waals surface area contributed by atoms with E-state index in [-0.39, 0.29) is 16.8 Å². The molecular weight excluding hydrogens is 294 g/mol. The van der Waals surface area contributed by atoms with Crippen molar-refractivity contribution in [3.05, 3.63) is 33.8 Å². The zero-order valence-corrected chi connectivity index (χ0v) is 10.6. The Morgan fingerprint density at radius 3 is 2.88 bits per heavy atom. The molecule has 0 aliphatic carbocycles. The molecule has 1 aliphatic heterocycles. The lowest BCUT2D eigenvalue weighted by atomic mass is 9.97. The molecule has 92 valence electrons. The first-order chi connectivity index (χ1) is 8.09. The first-order valence-corrected chi connectivity index (χ1v) is 6.13. The lowest BCUT2D eigenvalue weighted by molar-refractivity contribution is 0.0944. The van der Waals surface area contributed by atoms with Crippen LogP contribution in [0.3, 0.4) is 0 Å². The molecule has 0 radical (unpaired) electrons. The first kappa shape index (κ1) is 12.6. The van der Waals surface area contributed by atoms with E-state index in [2.05, 4.69) is 15.9 Å². The van der Waals surface area contributed by atoms with Gasteiger partial charge in [0, 0.05) is 19.6 Å². The van der Waals surface area contributed by atoms with Crippen LogP contribution in [0.15, 0.2) is 16.6 Å². The topological polar surface area (TPSA) is 26.3 Å². The summed E-state index contributed by atoms with van der Waals surface area (Å²) in [4.78, 5) is 11.8. The van der Waals surface area contributed by atoms with Crippen LogP contribution in [-0.4, -0.2) is 19.0 Å². The largest absolute Gasteiger partial charge is 0.381 e. The van der Waals surface area contributed by atoms with Gasteiger partial charge in [0.25, 0.3) is 0 Å². The van der Waals surface area contributed by atoms with Crippen molar-refractivity contribution in [2.24, 2.45) is 5.92 Å². The highest BCUT2D eigenvalue weighted by atomic mass is 79.9. The van der Waals surface area contributed by atoms with Crippen molar-refractivity contribution in [1.82, 2.24) is 0 Å². The Hall–Kier alpha value is -0.810. The summed E-state index contributed by atoms with van der Waals surface area (Å²) >= 11 is 2.94. The quantitative estimate of drug-likeness (QED) is 0.632. The summed E-state index contributed by atoms with van der Waals surface area (Å²) < 4.78 is 32.3. The third kappa shape index (κ3) is 2.72. The van der Waals surface area contributed by atoms with Crippen LogP contribution in [0.25, 0.3) is 0 Å². The fraction of sp³-hybridized carbons (Fsp3) is 0.417. The van der Waals surface area contributed by atoms with Crippen LogP contribution < -0.4 is 0 Å². The molecule has 0 spiro atoms. The van der Waals surface area contributed by atoms with Gasteiger partial charge in [-0.1, -0.05) is 0 Å². The van der Waals surface area contributed by atoms with Crippen LogP contribution >= 0.6 is 15.9 Å². The van der Waals surface area contributed by atoms with Crippen LogP contribution in [0.2, 0.25) is 0 Å². The highest BCUT2D eigenvalue weighted by Crippen LogP contribution is 2.25. The number of Topliss-reactive ketones (excluding diaryl/α,β-unsaturated/α-hetero) is 1. The van der Waals surface area contributed by atoms with E-state index in [4.69, 9.17) is 4.74 Å². The van der Waals surface area contributed by atoms with Gasteiger partial charge in [-0.15, -0.1) is 0 Å². The van der Waals surface area contributed by atoms with Crippen LogP contribution in [0, 0.1) is 17.6 Å². The molecule has 1 aromatic carbocycles. The van der Waals surface area contributed by atoms with Crippen molar-refractivity contribution in [3.8, 4) is 0 Å². The van der Waals surface area contributed by atoms with Gasteiger partial charge in [-0.3, -0.25) is 4.79 Å². The third-order valence-corrected chi connectivity index (χ3v) is 3.43. The van der Waals surface area contributed by atoms with Crippen molar-refractivity contribution in [1.29, 1.82) is 0 Å². The predicted molar refractivity (Wildman–Crippen MR) is 61.9 cm³/mol. The lowest BCUT2D eigenvalue weighted by Crippen LogP contribution is -2.12. The molecule has 1 heterocycles. The van der Waals surface area contributed by atoms with Crippen molar-refractivity contribution >= 4 is 21.7 Å². The summed E-state index contributed by atoms with van der Waals surface area (Å²) in [5, 5.41) is 0. The van der Waals surface area contributed by atoms with E-state index in [0.717, 1.165) is 12.5 Å². The summed E-state index contributed by atoms with van der Waals surface area (Å²) in [5.74, 6) is -2.07. The highest BCUT2D eigenvalue weighted by molar-refractivity contribution is 9.10. The molecule has 1 saturated heterocycles. The van der Waals surface area contributed by atoms with E-state index in [1.807, 2.05) is 0 Å². The number of ketones is 1. The maximum absolute atomic E-state index is 13.6. The molecular formula is C12H11BrF2O2. The average Bonchev–Trinajstić information content (AvgIpc) is 2.77. The molecule has 0 aromatic heterocycles. The Labute approximate surface area is 106 Å². The standard InChI is InChI=1S/C12H11BrF2O2/c13-8-1-2-9(14)11(12(8)15)10(16)5-7-3-4-17-6-7/h1-2,7H,3-6H2. The monoisotopic (exact) mass is 304 g/mol. The fourth-order valence-corrected chi connectivity index (χ4v) is 2.22. The fourth-order valence-electron chi connectivity index (χ4n) is 1.89. The minimum Gasteiger partial charge on any atom is -0.381 e. The number of hydrogen-bond donors (Lipinski definition) is 0. The molecule has 1 aliphatic rings. The van der Waals surface area contributed by atoms with Gasteiger partial charge in [0.2, 0.25) is 0 Å². The minimum absolute atomic E-state index is 0.0697. The zero-order valence-electron chi connectivity index (χ0n) is 9.01. The molecule has 1 unspecified atom stereocenters. The van der Waals surface area contributed by atoms with Gasteiger partial charge >= 0.3 is 0 Å². The Morgan fingerprint density at radius 1 is 1.47 bits per heavy atom. The average molecular weight is 305 g/mol. The normalized spacial score (nSPS) is 19.6. The second kappa shape index (κ2) is 5.23. The van der Waals surface area contributed by atoms with E-state index < -0.39 is 23.0 Å². The number of ether oxygens (including phenoxy) is 1. The van der Waals surface area contributed by atoms with E-state index in [1.54, 1.807) is 0 Å². The SMILES string of the molecule is O=C(CC1CCOC1)c1c(F)ccc(Br)c1F. The Bertz CT molecular complexity index is 442. The first-order valence-electron chi connectivity index (χ1n) is 5.34. The Kier molecular flexibility index (Phi) is 3.89. The second-order valence-corrected chi connectivity index (χ2v) is 4.93. The molecule has 17 heavy (non-hydrogen) atoms. The van der Waals surface area contributed by atoms with Gasteiger partial charge in [-0.2, -0.15) is 0 Å². The molecule has 0 saturated carbocycles. The number of carbonyl (C=O) groups is 1. The van der Waals surface area contributed by atoms with Crippen LogP contribution in [0.1, 0.15) is 23.2 Å².